The van der Waals surface area contributed by atoms with Gasteiger partial charge in [0.1, 0.15) is 5.82 Å². The molecule has 0 radical (unpaired) electrons. The van der Waals surface area contributed by atoms with E-state index < -0.39 is 11.7 Å². The largest absolute Gasteiger partial charge is 0.476 e. The molecular weight excluding hydrogens is 321 g/mol. The lowest BCUT2D eigenvalue weighted by atomic mass is 10.1. The van der Waals surface area contributed by atoms with Crippen LogP contribution in [0.25, 0.3) is 0 Å². The Kier molecular flexibility index (Phi) is 4.55. The van der Waals surface area contributed by atoms with E-state index in [2.05, 4.69) is 15.2 Å². The lowest BCUT2D eigenvalue weighted by molar-refractivity contribution is -0.137. The first-order valence-electron chi connectivity index (χ1n) is 7.63. The van der Waals surface area contributed by atoms with Gasteiger partial charge in [0.25, 0.3) is 0 Å². The summed E-state index contributed by atoms with van der Waals surface area (Å²) < 4.78 is 44.0. The number of nitrogens with zero attached hydrogens (tertiary/aromatic N) is 4. The fourth-order valence-corrected chi connectivity index (χ4v) is 2.61. The molecule has 0 N–H and O–H groups in total. The van der Waals surface area contributed by atoms with Gasteiger partial charge in [0.05, 0.1) is 17.9 Å². The number of aryl methyl sites for hydroxylation is 1. The Labute approximate surface area is 137 Å². The predicted molar refractivity (Wildman–Crippen MR) is 81.8 cm³/mol. The van der Waals surface area contributed by atoms with Crippen molar-refractivity contribution in [3.63, 3.8) is 0 Å². The fraction of sp³-hybridized carbons (Fsp3) is 0.438. The van der Waals surface area contributed by atoms with Gasteiger partial charge in [0, 0.05) is 31.3 Å². The number of hydrogen-bond donors (Lipinski definition) is 0. The lowest BCUT2D eigenvalue weighted by Gasteiger charge is -2.18. The summed E-state index contributed by atoms with van der Waals surface area (Å²) in [6.45, 7) is 3.55. The average Bonchev–Trinajstić information content (AvgIpc) is 3.03. The Morgan fingerprint density at radius 1 is 1.25 bits per heavy atom. The van der Waals surface area contributed by atoms with Crippen LogP contribution in [0.1, 0.15) is 17.7 Å². The quantitative estimate of drug-likeness (QED) is 0.857. The van der Waals surface area contributed by atoms with Crippen LogP contribution in [0.5, 0.6) is 5.88 Å². The van der Waals surface area contributed by atoms with Gasteiger partial charge in [-0.2, -0.15) is 18.3 Å². The van der Waals surface area contributed by atoms with Gasteiger partial charge < -0.3 is 9.64 Å². The van der Waals surface area contributed by atoms with Gasteiger partial charge in [-0.3, -0.25) is 0 Å². The van der Waals surface area contributed by atoms with E-state index in [0.717, 1.165) is 24.2 Å². The van der Waals surface area contributed by atoms with Crippen molar-refractivity contribution in [2.24, 2.45) is 5.92 Å². The van der Waals surface area contributed by atoms with Gasteiger partial charge in [-0.1, -0.05) is 0 Å². The molecule has 3 heterocycles. The number of pyridine rings is 1. The molecule has 0 aliphatic carbocycles. The summed E-state index contributed by atoms with van der Waals surface area (Å²) in [6, 6.07) is 5.64. The van der Waals surface area contributed by atoms with Crippen LogP contribution < -0.4 is 9.64 Å². The third kappa shape index (κ3) is 3.93. The zero-order chi connectivity index (χ0) is 17.2. The second-order valence-electron chi connectivity index (χ2n) is 5.83. The highest BCUT2D eigenvalue weighted by atomic mass is 19.4. The minimum Gasteiger partial charge on any atom is -0.476 e. The average molecular weight is 338 g/mol. The van der Waals surface area contributed by atoms with Crippen molar-refractivity contribution in [2.75, 3.05) is 24.6 Å². The maximum atomic E-state index is 12.8. The molecule has 0 amide bonds. The van der Waals surface area contributed by atoms with Crippen molar-refractivity contribution >= 4 is 5.82 Å². The van der Waals surface area contributed by atoms with Gasteiger partial charge in [-0.05, 0) is 31.5 Å². The molecule has 8 heteroatoms. The first-order chi connectivity index (χ1) is 11.4. The molecule has 1 aliphatic rings. The van der Waals surface area contributed by atoms with Gasteiger partial charge >= 0.3 is 6.18 Å². The van der Waals surface area contributed by atoms with Crippen LogP contribution in [0.3, 0.4) is 0 Å². The highest BCUT2D eigenvalue weighted by Crippen LogP contribution is 2.32. The Balaban J connectivity index is 1.58. The number of halogens is 3. The summed E-state index contributed by atoms with van der Waals surface area (Å²) in [7, 11) is 0. The van der Waals surface area contributed by atoms with E-state index in [-0.39, 0.29) is 5.92 Å². The van der Waals surface area contributed by atoms with Gasteiger partial charge in [-0.15, -0.1) is 5.10 Å². The molecule has 1 aliphatic heterocycles. The first-order valence-corrected chi connectivity index (χ1v) is 7.63. The van der Waals surface area contributed by atoms with Crippen molar-refractivity contribution < 1.29 is 17.9 Å². The second kappa shape index (κ2) is 6.62. The Morgan fingerprint density at radius 3 is 2.79 bits per heavy atom. The second-order valence-corrected chi connectivity index (χ2v) is 5.83. The maximum Gasteiger partial charge on any atom is 0.416 e. The standard InChI is InChI=1S/C16H17F3N4O/c1-11-2-3-15(22-21-11)24-10-12-5-7-23(9-12)14-8-13(4-6-20-14)16(17,18)19/h2-4,6,8,12H,5,7,9-10H2,1H3. The van der Waals surface area contributed by atoms with Crippen LogP contribution in [0, 0.1) is 12.8 Å². The number of alkyl halides is 3. The Morgan fingerprint density at radius 2 is 2.08 bits per heavy atom. The van der Waals surface area contributed by atoms with Crippen molar-refractivity contribution in [1.82, 2.24) is 15.2 Å². The van der Waals surface area contributed by atoms with E-state index in [1.807, 2.05) is 17.9 Å². The van der Waals surface area contributed by atoms with E-state index in [9.17, 15) is 13.2 Å². The third-order valence-corrected chi connectivity index (χ3v) is 3.92. The Bertz CT molecular complexity index is 690. The van der Waals surface area contributed by atoms with E-state index >= 15 is 0 Å². The molecular formula is C16H17F3N4O. The summed E-state index contributed by atoms with van der Waals surface area (Å²) in [5.74, 6) is 1.02. The molecule has 0 saturated carbocycles. The summed E-state index contributed by atoms with van der Waals surface area (Å²) >= 11 is 0. The number of rotatable bonds is 4. The Hall–Kier alpha value is -2.38. The highest BCUT2D eigenvalue weighted by Gasteiger charge is 2.32. The van der Waals surface area contributed by atoms with E-state index in [0.29, 0.717) is 31.4 Å². The summed E-state index contributed by atoms with van der Waals surface area (Å²) in [4.78, 5) is 5.91. The van der Waals surface area contributed by atoms with Gasteiger partial charge in [-0.25, -0.2) is 4.98 Å². The molecule has 0 aromatic carbocycles. The maximum absolute atomic E-state index is 12.8. The van der Waals surface area contributed by atoms with Gasteiger partial charge in [0.15, 0.2) is 0 Å². The van der Waals surface area contributed by atoms with Crippen LogP contribution in [0.2, 0.25) is 0 Å². The first kappa shape index (κ1) is 16.5. The zero-order valence-corrected chi connectivity index (χ0v) is 13.1. The van der Waals surface area contributed by atoms with Crippen LogP contribution in [-0.2, 0) is 6.18 Å². The van der Waals surface area contributed by atoms with E-state index in [1.54, 1.807) is 6.07 Å². The molecule has 24 heavy (non-hydrogen) atoms. The van der Waals surface area contributed by atoms with Crippen molar-refractivity contribution in [2.45, 2.75) is 19.5 Å². The monoisotopic (exact) mass is 338 g/mol. The van der Waals surface area contributed by atoms with Gasteiger partial charge in [0.2, 0.25) is 5.88 Å². The number of hydrogen-bond acceptors (Lipinski definition) is 5. The van der Waals surface area contributed by atoms with Crippen LogP contribution in [0.15, 0.2) is 30.5 Å². The van der Waals surface area contributed by atoms with E-state index in [4.69, 9.17) is 4.74 Å². The molecule has 1 saturated heterocycles. The number of aromatic nitrogens is 3. The topological polar surface area (TPSA) is 51.1 Å². The number of anilines is 1. The molecule has 0 spiro atoms. The van der Waals surface area contributed by atoms with Crippen molar-refractivity contribution in [1.29, 1.82) is 0 Å². The SMILES string of the molecule is Cc1ccc(OCC2CCN(c3cc(C(F)(F)F)ccn3)C2)nn1. The lowest BCUT2D eigenvalue weighted by Crippen LogP contribution is -2.23. The summed E-state index contributed by atoms with van der Waals surface area (Å²) in [6.07, 6.45) is -2.33. The van der Waals surface area contributed by atoms with Crippen LogP contribution >= 0.6 is 0 Å². The molecule has 2 aromatic heterocycles. The van der Waals surface area contributed by atoms with Crippen LogP contribution in [0.4, 0.5) is 19.0 Å². The molecule has 0 bridgehead atoms. The van der Waals surface area contributed by atoms with Crippen molar-refractivity contribution in [3.05, 3.63) is 41.7 Å². The third-order valence-electron chi connectivity index (χ3n) is 3.92. The normalized spacial score (nSPS) is 18.0. The molecule has 3 rings (SSSR count). The van der Waals surface area contributed by atoms with E-state index in [1.165, 1.54) is 6.20 Å². The zero-order valence-electron chi connectivity index (χ0n) is 13.1. The van der Waals surface area contributed by atoms with Crippen molar-refractivity contribution in [3.8, 4) is 5.88 Å². The number of ether oxygens (including phenoxy) is 1. The molecule has 1 unspecified atom stereocenters. The summed E-state index contributed by atoms with van der Waals surface area (Å²) in [5.41, 5.74) is 0.132. The summed E-state index contributed by atoms with van der Waals surface area (Å²) in [5, 5.41) is 7.85. The highest BCUT2D eigenvalue weighted by molar-refractivity contribution is 5.42. The minimum atomic E-state index is -4.36. The van der Waals surface area contributed by atoms with Crippen LogP contribution in [-0.4, -0.2) is 34.9 Å². The molecule has 128 valence electrons. The minimum absolute atomic E-state index is 0.212. The smallest absolute Gasteiger partial charge is 0.416 e. The molecule has 1 atom stereocenters. The predicted octanol–water partition coefficient (Wildman–Crippen LogP) is 3.10. The molecule has 1 fully saturated rings. The molecule has 5 nitrogen and oxygen atoms in total. The molecule has 2 aromatic rings. The fourth-order valence-electron chi connectivity index (χ4n) is 2.61.